The summed E-state index contributed by atoms with van der Waals surface area (Å²) in [4.78, 5) is 25.7. The predicted octanol–water partition coefficient (Wildman–Crippen LogP) is 12.4. The van der Waals surface area contributed by atoms with Gasteiger partial charge in [-0.3, -0.25) is 4.79 Å². The Morgan fingerprint density at radius 2 is 1.25 bits per heavy atom. The van der Waals surface area contributed by atoms with Crippen LogP contribution in [-0.2, 0) is 22.4 Å². The topological polar surface area (TPSA) is 61.8 Å². The number of unbranched alkanes of at least 4 members (excludes halogenated alkanes) is 12. The lowest BCUT2D eigenvalue weighted by atomic mass is 9.84. The monoisotopic (exact) mass is 722 g/mol. The third-order valence-electron chi connectivity index (χ3n) is 9.97. The fraction of sp³-hybridized carbons (Fsp3) is 0.545. The lowest BCUT2D eigenvalue weighted by Gasteiger charge is -2.27. The first-order valence-corrected chi connectivity index (χ1v) is 19.6. The number of aryl methyl sites for hydroxylation is 1. The second kappa shape index (κ2) is 21.7. The van der Waals surface area contributed by atoms with Gasteiger partial charge < -0.3 is 14.2 Å². The van der Waals surface area contributed by atoms with Crippen LogP contribution in [0, 0.1) is 5.92 Å². The minimum Gasteiger partial charge on any atom is -0.494 e. The summed E-state index contributed by atoms with van der Waals surface area (Å²) in [5.74, 6) is -0.698. The molecular weight excluding hydrogens is 665 g/mol. The van der Waals surface area contributed by atoms with Crippen LogP contribution in [0.25, 0.3) is 11.1 Å². The van der Waals surface area contributed by atoms with Crippen molar-refractivity contribution in [1.82, 2.24) is 0 Å². The molecule has 2 atom stereocenters. The second-order valence-electron chi connectivity index (χ2n) is 14.2. The van der Waals surface area contributed by atoms with Crippen molar-refractivity contribution >= 4 is 11.9 Å². The molecule has 1 aliphatic carbocycles. The Morgan fingerprint density at radius 1 is 0.692 bits per heavy atom. The van der Waals surface area contributed by atoms with Gasteiger partial charge in [-0.2, -0.15) is 13.2 Å². The lowest BCUT2D eigenvalue weighted by Crippen LogP contribution is -2.37. The molecule has 5 nitrogen and oxygen atoms in total. The summed E-state index contributed by atoms with van der Waals surface area (Å²) < 4.78 is 57.3. The molecule has 4 rings (SSSR count). The van der Waals surface area contributed by atoms with Gasteiger partial charge in [0.1, 0.15) is 11.5 Å². The van der Waals surface area contributed by atoms with Crippen LogP contribution in [0.1, 0.15) is 138 Å². The molecule has 0 spiro atoms. The van der Waals surface area contributed by atoms with E-state index in [1.54, 1.807) is 30.3 Å². The molecule has 0 bridgehead atoms. The number of fused-ring (bicyclic) bond motifs is 1. The zero-order valence-corrected chi connectivity index (χ0v) is 31.1. The Kier molecular flexibility index (Phi) is 17.1. The van der Waals surface area contributed by atoms with Crippen LogP contribution in [-0.4, -0.2) is 30.8 Å². The molecule has 0 fully saturated rings. The molecule has 0 aromatic heterocycles. The summed E-state index contributed by atoms with van der Waals surface area (Å²) in [7, 11) is 0. The van der Waals surface area contributed by atoms with Gasteiger partial charge in [0.25, 0.3) is 0 Å². The molecular formula is C44H57F3O5. The van der Waals surface area contributed by atoms with Gasteiger partial charge >= 0.3 is 18.1 Å². The third kappa shape index (κ3) is 13.6. The summed E-state index contributed by atoms with van der Waals surface area (Å²) in [6, 6.07) is 20.4. The maximum atomic E-state index is 13.6. The first kappa shape index (κ1) is 41.0. The number of ether oxygens (including phenoxy) is 3. The number of hydrogen-bond acceptors (Lipinski definition) is 5. The molecule has 1 aliphatic rings. The first-order chi connectivity index (χ1) is 25.2. The fourth-order valence-electron chi connectivity index (χ4n) is 6.77. The molecule has 8 heteroatoms. The zero-order chi connectivity index (χ0) is 37.2. The van der Waals surface area contributed by atoms with E-state index in [0.717, 1.165) is 53.9 Å². The van der Waals surface area contributed by atoms with Crippen LogP contribution in [0.5, 0.6) is 11.5 Å². The molecule has 0 saturated carbocycles. The maximum Gasteiger partial charge on any atom is 0.425 e. The van der Waals surface area contributed by atoms with E-state index in [-0.39, 0.29) is 12.8 Å². The van der Waals surface area contributed by atoms with Crippen LogP contribution in [0.2, 0.25) is 0 Å². The number of carbonyl (C=O) groups excluding carboxylic acids is 2. The Labute approximate surface area is 308 Å². The van der Waals surface area contributed by atoms with Crippen LogP contribution in [0.3, 0.4) is 0 Å². The standard InChI is InChI=1S/C44H57F3O5/c1-3-5-7-9-10-11-12-13-14-16-30-50-39-27-24-34(25-28-39)33-18-20-35(21-19-33)42(48)51-40-29-26-36-31-38(23-22-37(36)32-40)43(49)52-41(44(45,46)47)17-15-8-6-4-2/h18-21,24-29,32,38,41H,3-17,22-23,30-31H2,1-2H3/t38?,41-/m1/s1. The molecule has 284 valence electrons. The maximum absolute atomic E-state index is 13.6. The highest BCUT2D eigenvalue weighted by Gasteiger charge is 2.43. The van der Waals surface area contributed by atoms with Crippen LogP contribution < -0.4 is 9.47 Å². The van der Waals surface area contributed by atoms with E-state index in [9.17, 15) is 22.8 Å². The van der Waals surface area contributed by atoms with Crippen molar-refractivity contribution in [3.63, 3.8) is 0 Å². The normalized spacial score (nSPS) is 14.8. The molecule has 0 N–H and O–H groups in total. The Bertz CT molecular complexity index is 1500. The Morgan fingerprint density at radius 3 is 1.87 bits per heavy atom. The number of halogens is 3. The third-order valence-corrected chi connectivity index (χ3v) is 9.97. The number of rotatable bonds is 22. The van der Waals surface area contributed by atoms with Crippen LogP contribution >= 0.6 is 0 Å². The first-order valence-electron chi connectivity index (χ1n) is 19.6. The summed E-state index contributed by atoms with van der Waals surface area (Å²) in [5.41, 5.74) is 4.16. The number of alkyl halides is 3. The molecule has 3 aromatic rings. The van der Waals surface area contributed by atoms with Crippen LogP contribution in [0.4, 0.5) is 13.2 Å². The average molecular weight is 723 g/mol. The molecule has 0 aliphatic heterocycles. The van der Waals surface area contributed by atoms with Crippen molar-refractivity contribution in [3.05, 3.63) is 83.4 Å². The highest BCUT2D eigenvalue weighted by atomic mass is 19.4. The predicted molar refractivity (Wildman–Crippen MR) is 201 cm³/mol. The summed E-state index contributed by atoms with van der Waals surface area (Å²) in [5, 5.41) is 0. The Hall–Kier alpha value is -3.81. The summed E-state index contributed by atoms with van der Waals surface area (Å²) in [6.45, 7) is 4.96. The van der Waals surface area contributed by atoms with Crippen molar-refractivity contribution in [2.75, 3.05) is 6.61 Å². The van der Waals surface area contributed by atoms with Crippen molar-refractivity contribution in [2.45, 2.75) is 142 Å². The fourth-order valence-corrected chi connectivity index (χ4v) is 6.77. The van der Waals surface area contributed by atoms with Gasteiger partial charge in [-0.1, -0.05) is 121 Å². The number of esters is 2. The SMILES string of the molecule is CCCCCCCCCCCCOc1ccc(-c2ccc(C(=O)Oc3ccc4c(c3)CCC(C(=O)O[C@H](CCCCCC)C(F)(F)F)C4)cc2)cc1. The number of benzene rings is 3. The Balaban J connectivity index is 1.20. The largest absolute Gasteiger partial charge is 0.494 e. The smallest absolute Gasteiger partial charge is 0.425 e. The molecule has 0 saturated heterocycles. The lowest BCUT2D eigenvalue weighted by molar-refractivity contribution is -0.225. The van der Waals surface area contributed by atoms with Gasteiger partial charge in [0.2, 0.25) is 0 Å². The molecule has 0 amide bonds. The zero-order valence-electron chi connectivity index (χ0n) is 31.1. The van der Waals surface area contributed by atoms with Gasteiger partial charge in [0, 0.05) is 0 Å². The second-order valence-corrected chi connectivity index (χ2v) is 14.2. The van der Waals surface area contributed by atoms with E-state index in [2.05, 4.69) is 6.92 Å². The van der Waals surface area contributed by atoms with E-state index in [4.69, 9.17) is 14.2 Å². The number of hydrogen-bond donors (Lipinski definition) is 0. The van der Waals surface area contributed by atoms with Gasteiger partial charge in [0.05, 0.1) is 18.1 Å². The average Bonchev–Trinajstić information content (AvgIpc) is 3.14. The highest BCUT2D eigenvalue weighted by Crippen LogP contribution is 2.33. The molecule has 3 aromatic carbocycles. The summed E-state index contributed by atoms with van der Waals surface area (Å²) >= 11 is 0. The van der Waals surface area contributed by atoms with Crippen molar-refractivity contribution in [2.24, 2.45) is 5.92 Å². The van der Waals surface area contributed by atoms with Gasteiger partial charge in [-0.25, -0.2) is 4.79 Å². The molecule has 52 heavy (non-hydrogen) atoms. The molecule has 1 unspecified atom stereocenters. The van der Waals surface area contributed by atoms with E-state index < -0.39 is 30.1 Å². The minimum atomic E-state index is -4.58. The van der Waals surface area contributed by atoms with Gasteiger partial charge in [0.15, 0.2) is 6.10 Å². The van der Waals surface area contributed by atoms with E-state index in [0.29, 0.717) is 37.0 Å². The van der Waals surface area contributed by atoms with Gasteiger partial charge in [-0.15, -0.1) is 0 Å². The molecule has 0 radical (unpaired) electrons. The van der Waals surface area contributed by atoms with Crippen molar-refractivity contribution in [3.8, 4) is 22.6 Å². The van der Waals surface area contributed by atoms with E-state index >= 15 is 0 Å². The minimum absolute atomic E-state index is 0.210. The summed E-state index contributed by atoms with van der Waals surface area (Å²) in [6.07, 6.45) is 10.0. The van der Waals surface area contributed by atoms with Crippen LogP contribution in [0.15, 0.2) is 66.7 Å². The quantitative estimate of drug-likeness (QED) is 0.0587. The van der Waals surface area contributed by atoms with E-state index in [1.807, 2.05) is 43.3 Å². The van der Waals surface area contributed by atoms with Gasteiger partial charge in [-0.05, 0) is 97.2 Å². The highest BCUT2D eigenvalue weighted by molar-refractivity contribution is 5.91. The van der Waals surface area contributed by atoms with Crippen molar-refractivity contribution in [1.29, 1.82) is 0 Å². The molecule has 0 heterocycles. The van der Waals surface area contributed by atoms with Crippen molar-refractivity contribution < 1.29 is 37.0 Å². The number of carbonyl (C=O) groups is 2. The van der Waals surface area contributed by atoms with E-state index in [1.165, 1.54) is 57.8 Å².